The van der Waals surface area contributed by atoms with Crippen LogP contribution >= 0.6 is 0 Å². The quantitative estimate of drug-likeness (QED) is 0.423. The van der Waals surface area contributed by atoms with Gasteiger partial charge in [0.2, 0.25) is 5.78 Å². The predicted molar refractivity (Wildman–Crippen MR) is 135 cm³/mol. The summed E-state index contributed by atoms with van der Waals surface area (Å²) in [7, 11) is 2.13. The van der Waals surface area contributed by atoms with Gasteiger partial charge in [-0.05, 0) is 43.7 Å². The first-order valence-corrected chi connectivity index (χ1v) is 12.3. The molecule has 3 aromatic rings. The molecule has 1 atom stereocenters. The summed E-state index contributed by atoms with van der Waals surface area (Å²) in [6.45, 7) is 0.720. The van der Waals surface area contributed by atoms with E-state index in [1.807, 2.05) is 12.1 Å². The summed E-state index contributed by atoms with van der Waals surface area (Å²) in [6, 6.07) is 14.1. The zero-order chi connectivity index (χ0) is 25.5. The summed E-state index contributed by atoms with van der Waals surface area (Å²) in [5.41, 5.74) is 7.06. The van der Waals surface area contributed by atoms with Crippen molar-refractivity contribution in [3.05, 3.63) is 77.7 Å². The molecule has 188 valence electrons. The maximum atomic E-state index is 13.3. The molecule has 0 bridgehead atoms. The lowest BCUT2D eigenvalue weighted by Gasteiger charge is -2.30. The molecule has 4 rings (SSSR count). The minimum atomic E-state index is -1.03. The van der Waals surface area contributed by atoms with Crippen LogP contribution in [0.2, 0.25) is 0 Å². The lowest BCUT2D eigenvalue weighted by molar-refractivity contribution is -0.136. The Hall–Kier alpha value is -3.85. The van der Waals surface area contributed by atoms with Gasteiger partial charge < -0.3 is 11.1 Å². The molecule has 1 saturated carbocycles. The molecule has 9 nitrogen and oxygen atoms in total. The topological polar surface area (TPSA) is 123 Å². The van der Waals surface area contributed by atoms with Gasteiger partial charge >= 0.3 is 0 Å². The van der Waals surface area contributed by atoms with Crippen LogP contribution in [-0.4, -0.2) is 50.4 Å². The van der Waals surface area contributed by atoms with E-state index in [-0.39, 0.29) is 6.42 Å². The first-order chi connectivity index (χ1) is 17.4. The molecule has 2 amide bonds. The summed E-state index contributed by atoms with van der Waals surface area (Å²) < 4.78 is 1.60. The van der Waals surface area contributed by atoms with Crippen molar-refractivity contribution in [3.8, 4) is 5.82 Å². The van der Waals surface area contributed by atoms with Crippen LogP contribution in [0.15, 0.2) is 60.9 Å². The number of nitrogens with two attached hydrogens (primary N) is 1. The van der Waals surface area contributed by atoms with Crippen molar-refractivity contribution in [1.29, 1.82) is 0 Å². The van der Waals surface area contributed by atoms with Gasteiger partial charge in [-0.2, -0.15) is 5.10 Å². The Morgan fingerprint density at radius 2 is 1.83 bits per heavy atom. The molecule has 0 saturated heterocycles. The van der Waals surface area contributed by atoms with Crippen molar-refractivity contribution in [3.63, 3.8) is 0 Å². The average molecular weight is 489 g/mol. The van der Waals surface area contributed by atoms with Gasteiger partial charge in [0.15, 0.2) is 5.82 Å². The fourth-order valence-electron chi connectivity index (χ4n) is 4.69. The summed E-state index contributed by atoms with van der Waals surface area (Å²) in [4.78, 5) is 43.5. The zero-order valence-corrected chi connectivity index (χ0v) is 20.5. The van der Waals surface area contributed by atoms with E-state index in [0.29, 0.717) is 23.0 Å². The molecule has 1 aliphatic rings. The SMILES string of the molecule is CN(Cc1ccn(-c2ncccc2C(=O)NC(CC(=O)C(N)=O)c2ccccc2)n1)C1CCCCC1. The van der Waals surface area contributed by atoms with Crippen molar-refractivity contribution in [2.45, 2.75) is 57.2 Å². The molecule has 1 fully saturated rings. The van der Waals surface area contributed by atoms with E-state index in [2.05, 4.69) is 27.3 Å². The highest BCUT2D eigenvalue weighted by Crippen LogP contribution is 2.23. The van der Waals surface area contributed by atoms with Crippen molar-refractivity contribution >= 4 is 17.6 Å². The van der Waals surface area contributed by atoms with E-state index >= 15 is 0 Å². The number of aromatic nitrogens is 3. The Labute approximate surface area is 210 Å². The Morgan fingerprint density at radius 3 is 2.56 bits per heavy atom. The summed E-state index contributed by atoms with van der Waals surface area (Å²) in [5, 5.41) is 7.56. The Bertz CT molecular complexity index is 1200. The number of nitrogens with one attached hydrogen (secondary N) is 1. The van der Waals surface area contributed by atoms with E-state index in [4.69, 9.17) is 5.73 Å². The first kappa shape index (κ1) is 25.2. The predicted octanol–water partition coefficient (Wildman–Crippen LogP) is 2.95. The Morgan fingerprint density at radius 1 is 1.08 bits per heavy atom. The lowest BCUT2D eigenvalue weighted by atomic mass is 9.94. The lowest BCUT2D eigenvalue weighted by Crippen LogP contribution is -2.34. The van der Waals surface area contributed by atoms with Gasteiger partial charge in [0.1, 0.15) is 0 Å². The second kappa shape index (κ2) is 11.7. The molecule has 9 heteroatoms. The van der Waals surface area contributed by atoms with Gasteiger partial charge in [0.25, 0.3) is 11.8 Å². The third kappa shape index (κ3) is 6.23. The fraction of sp³-hybridized carbons (Fsp3) is 0.370. The molecule has 2 aromatic heterocycles. The fourth-order valence-corrected chi connectivity index (χ4v) is 4.69. The van der Waals surface area contributed by atoms with Crippen LogP contribution in [-0.2, 0) is 16.1 Å². The standard InChI is InChI=1S/C27H32N6O3/c1-32(21-11-6-3-7-12-21)18-20-14-16-33(31-20)26-22(13-8-15-29-26)27(36)30-23(17-24(34)25(28)35)19-9-4-2-5-10-19/h2,4-5,8-10,13-16,21,23H,3,6-7,11-12,17-18H2,1H3,(H2,28,35)(H,30,36). The van der Waals surface area contributed by atoms with E-state index < -0.39 is 23.6 Å². The summed E-state index contributed by atoms with van der Waals surface area (Å²) in [5.74, 6) is -1.83. The van der Waals surface area contributed by atoms with E-state index in [1.54, 1.807) is 53.5 Å². The molecule has 1 unspecified atom stereocenters. The van der Waals surface area contributed by atoms with Crippen molar-refractivity contribution in [2.24, 2.45) is 5.73 Å². The molecule has 2 heterocycles. The van der Waals surface area contributed by atoms with Crippen LogP contribution in [0.3, 0.4) is 0 Å². The molecule has 1 aliphatic carbocycles. The number of ketones is 1. The van der Waals surface area contributed by atoms with Gasteiger partial charge in [-0.25, -0.2) is 9.67 Å². The van der Waals surface area contributed by atoms with Crippen LogP contribution in [0.5, 0.6) is 0 Å². The zero-order valence-electron chi connectivity index (χ0n) is 20.5. The van der Waals surface area contributed by atoms with Gasteiger partial charge in [-0.15, -0.1) is 0 Å². The number of Topliss-reactive ketones (excluding diaryl/α,β-unsaturated/α-hetero) is 1. The molecular weight excluding hydrogens is 456 g/mol. The minimum Gasteiger partial charge on any atom is -0.363 e. The highest BCUT2D eigenvalue weighted by atomic mass is 16.2. The van der Waals surface area contributed by atoms with Crippen molar-refractivity contribution in [1.82, 2.24) is 25.0 Å². The monoisotopic (exact) mass is 488 g/mol. The largest absolute Gasteiger partial charge is 0.363 e. The third-order valence-corrected chi connectivity index (χ3v) is 6.67. The van der Waals surface area contributed by atoms with Crippen LogP contribution < -0.4 is 11.1 Å². The number of amides is 2. The number of hydrogen-bond donors (Lipinski definition) is 2. The molecular formula is C27H32N6O3. The van der Waals surface area contributed by atoms with E-state index in [0.717, 1.165) is 12.2 Å². The number of rotatable bonds is 10. The van der Waals surface area contributed by atoms with Crippen LogP contribution in [0.25, 0.3) is 5.82 Å². The maximum Gasteiger partial charge on any atom is 0.284 e. The van der Waals surface area contributed by atoms with Crippen LogP contribution in [0.4, 0.5) is 0 Å². The van der Waals surface area contributed by atoms with Crippen LogP contribution in [0.1, 0.15) is 66.2 Å². The van der Waals surface area contributed by atoms with E-state index in [1.165, 1.54) is 32.1 Å². The minimum absolute atomic E-state index is 0.236. The number of benzene rings is 1. The van der Waals surface area contributed by atoms with Gasteiger partial charge in [-0.1, -0.05) is 49.6 Å². The van der Waals surface area contributed by atoms with Crippen LogP contribution in [0, 0.1) is 0 Å². The summed E-state index contributed by atoms with van der Waals surface area (Å²) in [6.07, 6.45) is 9.44. The molecule has 36 heavy (non-hydrogen) atoms. The Kier molecular flexibility index (Phi) is 8.22. The number of carbonyl (C=O) groups is 3. The molecule has 0 spiro atoms. The number of primary amides is 1. The average Bonchev–Trinajstić information content (AvgIpc) is 3.37. The second-order valence-corrected chi connectivity index (χ2v) is 9.26. The number of hydrogen-bond acceptors (Lipinski definition) is 6. The first-order valence-electron chi connectivity index (χ1n) is 12.3. The second-order valence-electron chi connectivity index (χ2n) is 9.26. The highest BCUT2D eigenvalue weighted by molar-refractivity contribution is 6.35. The molecule has 0 radical (unpaired) electrons. The summed E-state index contributed by atoms with van der Waals surface area (Å²) >= 11 is 0. The number of carbonyl (C=O) groups excluding carboxylic acids is 3. The van der Waals surface area contributed by atoms with Gasteiger partial charge in [-0.3, -0.25) is 19.3 Å². The highest BCUT2D eigenvalue weighted by Gasteiger charge is 2.24. The van der Waals surface area contributed by atoms with Gasteiger partial charge in [0, 0.05) is 31.4 Å². The third-order valence-electron chi connectivity index (χ3n) is 6.67. The molecule has 1 aromatic carbocycles. The smallest absolute Gasteiger partial charge is 0.284 e. The molecule has 3 N–H and O–H groups in total. The number of nitrogens with zero attached hydrogens (tertiary/aromatic N) is 4. The maximum absolute atomic E-state index is 13.3. The molecule has 0 aliphatic heterocycles. The number of pyridine rings is 1. The Balaban J connectivity index is 1.52. The van der Waals surface area contributed by atoms with Crippen molar-refractivity contribution in [2.75, 3.05) is 7.05 Å². The van der Waals surface area contributed by atoms with Gasteiger partial charge in [0.05, 0.1) is 17.3 Å². The van der Waals surface area contributed by atoms with Crippen molar-refractivity contribution < 1.29 is 14.4 Å². The van der Waals surface area contributed by atoms with E-state index in [9.17, 15) is 14.4 Å². The normalized spacial score (nSPS) is 14.9.